The second-order valence-electron chi connectivity index (χ2n) is 8.67. The predicted molar refractivity (Wildman–Crippen MR) is 140 cm³/mol. The van der Waals surface area contributed by atoms with Crippen molar-refractivity contribution in [2.75, 3.05) is 5.73 Å². The van der Waals surface area contributed by atoms with Crippen LogP contribution in [0.1, 0.15) is 30.1 Å². The Hall–Kier alpha value is -4.37. The molecule has 5 aromatic rings. The monoisotopic (exact) mass is 498 g/mol. The Morgan fingerprint density at radius 2 is 1.89 bits per heavy atom. The molecule has 3 aromatic heterocycles. The second-order valence-corrected chi connectivity index (χ2v) is 9.07. The molecule has 5 N–H and O–H groups in total. The Morgan fingerprint density at radius 1 is 1.08 bits per heavy atom. The van der Waals surface area contributed by atoms with E-state index in [0.717, 1.165) is 41.6 Å². The lowest BCUT2D eigenvalue weighted by molar-refractivity contribution is 0.639. The zero-order chi connectivity index (χ0) is 25.0. The number of aliphatic imine (C=N–C) groups is 1. The Morgan fingerprint density at radius 3 is 2.64 bits per heavy atom. The maximum Gasteiger partial charge on any atom is 0.134 e. The molecule has 6 rings (SSSR count). The summed E-state index contributed by atoms with van der Waals surface area (Å²) >= 11 is 6.39. The highest BCUT2D eigenvalue weighted by atomic mass is 35.5. The van der Waals surface area contributed by atoms with Crippen LogP contribution in [0.5, 0.6) is 0 Å². The molecule has 0 atom stereocenters. The van der Waals surface area contributed by atoms with Gasteiger partial charge in [-0.25, -0.2) is 19.4 Å². The summed E-state index contributed by atoms with van der Waals surface area (Å²) in [5.41, 5.74) is 16.7. The van der Waals surface area contributed by atoms with Gasteiger partial charge in [-0.15, -0.1) is 0 Å². The number of benzene rings is 2. The quantitative estimate of drug-likeness (QED) is 0.226. The molecule has 0 spiro atoms. The van der Waals surface area contributed by atoms with Crippen molar-refractivity contribution in [3.63, 3.8) is 0 Å². The Bertz CT molecular complexity index is 1720. The summed E-state index contributed by atoms with van der Waals surface area (Å²) < 4.78 is 17.2. The minimum absolute atomic E-state index is 0.152. The van der Waals surface area contributed by atoms with E-state index in [1.54, 1.807) is 24.5 Å². The van der Waals surface area contributed by atoms with Gasteiger partial charge in [0.05, 0.1) is 27.1 Å². The van der Waals surface area contributed by atoms with Crippen LogP contribution in [0.25, 0.3) is 38.8 Å². The largest absolute Gasteiger partial charge is 0.384 e. The third-order valence-corrected chi connectivity index (χ3v) is 6.64. The smallest absolute Gasteiger partial charge is 0.134 e. The Labute approximate surface area is 210 Å². The van der Waals surface area contributed by atoms with Crippen molar-refractivity contribution in [1.82, 2.24) is 19.5 Å². The number of hydrogen-bond acceptors (Lipinski definition) is 5. The van der Waals surface area contributed by atoms with Crippen molar-refractivity contribution < 1.29 is 4.39 Å². The van der Waals surface area contributed by atoms with Gasteiger partial charge in [-0.2, -0.15) is 0 Å². The molecule has 0 aliphatic heterocycles. The molecule has 1 aliphatic rings. The molecule has 1 aliphatic carbocycles. The lowest BCUT2D eigenvalue weighted by Crippen LogP contribution is -2.14. The van der Waals surface area contributed by atoms with Crippen LogP contribution < -0.4 is 11.5 Å². The second kappa shape index (κ2) is 8.39. The number of nitrogens with one attached hydrogen (secondary N) is 1. The van der Waals surface area contributed by atoms with Crippen molar-refractivity contribution in [3.05, 3.63) is 77.1 Å². The lowest BCUT2D eigenvalue weighted by Gasteiger charge is -2.14. The first-order valence-corrected chi connectivity index (χ1v) is 11.7. The van der Waals surface area contributed by atoms with E-state index in [-0.39, 0.29) is 11.8 Å². The zero-order valence-electron chi connectivity index (χ0n) is 18.9. The number of nitrogens with zero attached hydrogens (tertiary/aromatic N) is 5. The number of pyridine rings is 2. The van der Waals surface area contributed by atoms with E-state index in [1.165, 1.54) is 12.1 Å². The van der Waals surface area contributed by atoms with Crippen LogP contribution >= 0.6 is 11.6 Å². The predicted octanol–water partition coefficient (Wildman–Crippen LogP) is 5.20. The fourth-order valence-electron chi connectivity index (χ4n) is 4.56. The minimum Gasteiger partial charge on any atom is -0.384 e. The van der Waals surface area contributed by atoms with Crippen LogP contribution in [0.4, 0.5) is 10.2 Å². The number of nitrogen functional groups attached to an aromatic ring is 1. The maximum absolute atomic E-state index is 15.2. The van der Waals surface area contributed by atoms with Gasteiger partial charge in [-0.05, 0) is 66.4 Å². The molecule has 0 saturated heterocycles. The highest BCUT2D eigenvalue weighted by molar-refractivity contribution is 6.35. The first kappa shape index (κ1) is 22.1. The summed E-state index contributed by atoms with van der Waals surface area (Å²) in [6.45, 7) is 0. The third-order valence-electron chi connectivity index (χ3n) is 6.33. The summed E-state index contributed by atoms with van der Waals surface area (Å²) in [5, 5.41) is 8.10. The average Bonchev–Trinajstić information content (AvgIpc) is 3.65. The van der Waals surface area contributed by atoms with Gasteiger partial charge in [-0.3, -0.25) is 15.0 Å². The number of aromatic nitrogens is 4. The van der Waals surface area contributed by atoms with E-state index in [2.05, 4.69) is 15.0 Å². The van der Waals surface area contributed by atoms with E-state index < -0.39 is 5.82 Å². The van der Waals surface area contributed by atoms with Gasteiger partial charge in [0.2, 0.25) is 0 Å². The standard InChI is InChI=1S/C26H20ClFN8/c27-17-3-4-18(28)22-19(6-8-33-24(17)22)36-20-10-15(14-5-7-32-21(30)11-14)9-16(25(31)34-12-29)23(20)35-26(36)13-1-2-13/h3-13H,1-2H2,(H2,30,32)(H3,29,31,34). The summed E-state index contributed by atoms with van der Waals surface area (Å²) in [7, 11) is 0. The molecule has 178 valence electrons. The van der Waals surface area contributed by atoms with Gasteiger partial charge in [0, 0.05) is 23.9 Å². The number of rotatable bonds is 5. The number of amidine groups is 1. The van der Waals surface area contributed by atoms with Crippen LogP contribution in [-0.4, -0.2) is 31.7 Å². The van der Waals surface area contributed by atoms with Crippen LogP contribution in [0.3, 0.4) is 0 Å². The van der Waals surface area contributed by atoms with Crippen molar-refractivity contribution in [3.8, 4) is 16.8 Å². The van der Waals surface area contributed by atoms with Crippen molar-refractivity contribution in [1.29, 1.82) is 5.41 Å². The summed E-state index contributed by atoms with van der Waals surface area (Å²) in [6.07, 6.45) is 6.09. The maximum atomic E-state index is 15.2. The fourth-order valence-corrected chi connectivity index (χ4v) is 4.76. The van der Waals surface area contributed by atoms with Crippen molar-refractivity contribution in [2.24, 2.45) is 10.7 Å². The van der Waals surface area contributed by atoms with Gasteiger partial charge >= 0.3 is 0 Å². The molecule has 0 bridgehead atoms. The molecular weight excluding hydrogens is 479 g/mol. The molecule has 0 amide bonds. The first-order valence-electron chi connectivity index (χ1n) is 11.3. The van der Waals surface area contributed by atoms with Gasteiger partial charge in [-0.1, -0.05) is 11.6 Å². The third kappa shape index (κ3) is 3.56. The van der Waals surface area contributed by atoms with E-state index in [0.29, 0.717) is 38.5 Å². The molecule has 0 radical (unpaired) electrons. The summed E-state index contributed by atoms with van der Waals surface area (Å²) in [5.74, 6) is 1.12. The highest BCUT2D eigenvalue weighted by Gasteiger charge is 2.32. The van der Waals surface area contributed by atoms with Crippen molar-refractivity contribution >= 4 is 51.5 Å². The topological polar surface area (TPSA) is 132 Å². The molecule has 0 unspecified atom stereocenters. The van der Waals surface area contributed by atoms with Crippen LogP contribution in [0, 0.1) is 11.2 Å². The van der Waals surface area contributed by atoms with E-state index in [9.17, 15) is 0 Å². The van der Waals surface area contributed by atoms with Gasteiger partial charge in [0.1, 0.15) is 35.2 Å². The highest BCUT2D eigenvalue weighted by Crippen LogP contribution is 2.44. The van der Waals surface area contributed by atoms with Gasteiger partial charge < -0.3 is 11.5 Å². The van der Waals surface area contributed by atoms with E-state index >= 15 is 4.39 Å². The molecule has 1 fully saturated rings. The number of hydrogen-bond donors (Lipinski definition) is 3. The first-order chi connectivity index (χ1) is 17.5. The zero-order valence-corrected chi connectivity index (χ0v) is 19.7. The molecule has 3 heterocycles. The van der Waals surface area contributed by atoms with Crippen LogP contribution in [0.15, 0.2) is 59.9 Å². The molecule has 8 nitrogen and oxygen atoms in total. The summed E-state index contributed by atoms with van der Waals surface area (Å²) in [4.78, 5) is 17.4. The van der Waals surface area contributed by atoms with E-state index in [1.807, 2.05) is 22.8 Å². The number of fused-ring (bicyclic) bond motifs is 2. The molecular formula is C26H20ClFN8. The van der Waals surface area contributed by atoms with Crippen LogP contribution in [0.2, 0.25) is 5.02 Å². The SMILES string of the molecule is N=CN=C(N)c1cc(-c2ccnc(N)c2)cc2c1nc(C1CC1)n2-c1ccnc2c(Cl)ccc(F)c12. The number of nitrogens with two attached hydrogens (primary N) is 2. The van der Waals surface area contributed by atoms with E-state index in [4.69, 9.17) is 33.5 Å². The van der Waals surface area contributed by atoms with Crippen molar-refractivity contribution in [2.45, 2.75) is 18.8 Å². The number of anilines is 1. The Kier molecular flexibility index (Phi) is 5.15. The normalized spacial score (nSPS) is 14.0. The number of imidazole rings is 1. The minimum atomic E-state index is -0.427. The van der Waals surface area contributed by atoms with Gasteiger partial charge in [0.15, 0.2) is 0 Å². The number of halogens is 2. The molecule has 1 saturated carbocycles. The molecule has 2 aromatic carbocycles. The summed E-state index contributed by atoms with van der Waals surface area (Å²) in [6, 6.07) is 12.1. The fraction of sp³-hybridized carbons (Fsp3) is 0.115. The lowest BCUT2D eigenvalue weighted by atomic mass is 10.0. The molecule has 10 heteroatoms. The van der Waals surface area contributed by atoms with Gasteiger partial charge in [0.25, 0.3) is 0 Å². The molecule has 36 heavy (non-hydrogen) atoms. The Balaban J connectivity index is 1.75. The average molecular weight is 499 g/mol. The van der Waals surface area contributed by atoms with Crippen LogP contribution in [-0.2, 0) is 0 Å².